The maximum atomic E-state index is 10.9. The Balaban J connectivity index is 3.78. The average molecular weight is 240 g/mol. The second-order valence-corrected chi connectivity index (χ2v) is 3.85. The third-order valence-corrected chi connectivity index (χ3v) is 2.28. The van der Waals surface area contributed by atoms with Crippen LogP contribution in [0.3, 0.4) is 0 Å². The molecule has 0 aliphatic heterocycles. The first-order valence-corrected chi connectivity index (χ1v) is 5.44. The fourth-order valence-corrected chi connectivity index (χ4v) is 1.30. The molecule has 0 bridgehead atoms. The third-order valence-electron chi connectivity index (χ3n) is 1.82. The van der Waals surface area contributed by atoms with Crippen molar-refractivity contribution in [2.75, 3.05) is 6.54 Å². The van der Waals surface area contributed by atoms with Gasteiger partial charge in [0.15, 0.2) is 0 Å². The summed E-state index contributed by atoms with van der Waals surface area (Å²) in [6, 6.07) is -0.453. The first kappa shape index (κ1) is 13.9. The molecule has 0 aromatic heterocycles. The number of hydrogen-bond donors (Lipinski definition) is 1. The summed E-state index contributed by atoms with van der Waals surface area (Å²) in [5, 5.41) is 2.08. The van der Waals surface area contributed by atoms with Gasteiger partial charge in [-0.25, -0.2) is 0 Å². The molecular formula is C9H15Cl2NO2. The Kier molecular flexibility index (Phi) is 8.14. The van der Waals surface area contributed by atoms with Gasteiger partial charge in [0, 0.05) is 6.42 Å². The first-order valence-electron chi connectivity index (χ1n) is 4.69. The lowest BCUT2D eigenvalue weighted by Crippen LogP contribution is -2.35. The van der Waals surface area contributed by atoms with Crippen LogP contribution in [0.25, 0.3) is 0 Å². The van der Waals surface area contributed by atoms with Crippen LogP contribution in [0.4, 0.5) is 0 Å². The molecule has 0 saturated heterocycles. The molecule has 0 heterocycles. The highest BCUT2D eigenvalue weighted by molar-refractivity contribution is 6.65. The molecule has 1 atom stereocenters. The molecular weight excluding hydrogens is 225 g/mol. The molecule has 5 heteroatoms. The van der Waals surface area contributed by atoms with Crippen LogP contribution in [0.5, 0.6) is 0 Å². The molecule has 0 aliphatic carbocycles. The van der Waals surface area contributed by atoms with Gasteiger partial charge in [0.25, 0.3) is 0 Å². The Hall–Kier alpha value is -0.120. The topological polar surface area (TPSA) is 46.2 Å². The van der Waals surface area contributed by atoms with E-state index < -0.39 is 16.5 Å². The fraction of sp³-hybridized carbons (Fsp3) is 0.778. The molecule has 0 unspecified atom stereocenters. The normalized spacial score (nSPS) is 12.5. The lowest BCUT2D eigenvalue weighted by Gasteiger charge is -2.12. The van der Waals surface area contributed by atoms with Crippen LogP contribution in [-0.4, -0.2) is 23.1 Å². The summed E-state index contributed by atoms with van der Waals surface area (Å²) in [7, 11) is 0. The number of rotatable bonds is 8. The number of carbonyl (C=O) groups excluding carboxylic acids is 2. The minimum absolute atomic E-state index is 0.170. The molecule has 1 N–H and O–H groups in total. The van der Waals surface area contributed by atoms with E-state index in [9.17, 15) is 9.59 Å². The Labute approximate surface area is 94.1 Å². The van der Waals surface area contributed by atoms with E-state index >= 15 is 0 Å². The number of carbonyl (C=O) groups is 2. The summed E-state index contributed by atoms with van der Waals surface area (Å²) in [6.07, 6.45) is 2.57. The number of nitrogens with one attached hydrogen (secondary N) is 1. The van der Waals surface area contributed by atoms with E-state index in [-0.39, 0.29) is 6.42 Å². The van der Waals surface area contributed by atoms with Crippen LogP contribution in [0.15, 0.2) is 0 Å². The Morgan fingerprint density at radius 3 is 2.43 bits per heavy atom. The van der Waals surface area contributed by atoms with Crippen molar-refractivity contribution in [2.45, 2.75) is 38.6 Å². The van der Waals surface area contributed by atoms with Gasteiger partial charge in [-0.15, -0.1) is 0 Å². The summed E-state index contributed by atoms with van der Waals surface area (Å²) in [6.45, 7) is 2.79. The Bertz CT molecular complexity index is 197. The van der Waals surface area contributed by atoms with Gasteiger partial charge in [-0.3, -0.25) is 9.59 Å². The van der Waals surface area contributed by atoms with Crippen molar-refractivity contribution in [2.24, 2.45) is 0 Å². The molecule has 3 nitrogen and oxygen atoms in total. The highest BCUT2D eigenvalue weighted by atomic mass is 35.5. The molecule has 0 fully saturated rings. The van der Waals surface area contributed by atoms with Gasteiger partial charge in [0.2, 0.25) is 10.5 Å². The van der Waals surface area contributed by atoms with Crippen molar-refractivity contribution in [3.8, 4) is 0 Å². The lowest BCUT2D eigenvalue weighted by molar-refractivity contribution is -0.114. The van der Waals surface area contributed by atoms with Crippen LogP contribution in [0.1, 0.15) is 32.6 Å². The van der Waals surface area contributed by atoms with Gasteiger partial charge in [-0.1, -0.05) is 13.3 Å². The molecule has 14 heavy (non-hydrogen) atoms. The van der Waals surface area contributed by atoms with Crippen LogP contribution >= 0.6 is 23.2 Å². The number of hydrogen-bond acceptors (Lipinski definition) is 3. The second-order valence-electron chi connectivity index (χ2n) is 3.06. The molecule has 0 amide bonds. The molecule has 0 radical (unpaired) electrons. The van der Waals surface area contributed by atoms with Crippen molar-refractivity contribution in [3.05, 3.63) is 0 Å². The maximum absolute atomic E-state index is 10.9. The standard InChI is InChI=1S/C9H15Cl2NO2/c1-2-3-6-12-7(9(11)14)4-5-8(10)13/h7,12H,2-6H2,1H3/t7-/m0/s1. The van der Waals surface area contributed by atoms with Crippen molar-refractivity contribution >= 4 is 33.7 Å². The molecule has 0 saturated carbocycles. The Morgan fingerprint density at radius 1 is 1.36 bits per heavy atom. The van der Waals surface area contributed by atoms with E-state index in [1.54, 1.807) is 0 Å². The van der Waals surface area contributed by atoms with Crippen molar-refractivity contribution in [1.29, 1.82) is 0 Å². The zero-order chi connectivity index (χ0) is 11.0. The van der Waals surface area contributed by atoms with Gasteiger partial charge in [-0.2, -0.15) is 0 Å². The van der Waals surface area contributed by atoms with Gasteiger partial charge >= 0.3 is 0 Å². The highest BCUT2D eigenvalue weighted by Crippen LogP contribution is 2.04. The second kappa shape index (κ2) is 8.21. The summed E-state index contributed by atoms with van der Waals surface area (Å²) in [5.41, 5.74) is 0. The minimum Gasteiger partial charge on any atom is -0.306 e. The van der Waals surface area contributed by atoms with Gasteiger partial charge in [0.1, 0.15) is 0 Å². The average Bonchev–Trinajstić information content (AvgIpc) is 2.10. The van der Waals surface area contributed by atoms with Crippen LogP contribution in [0.2, 0.25) is 0 Å². The van der Waals surface area contributed by atoms with Crippen LogP contribution < -0.4 is 5.32 Å². The van der Waals surface area contributed by atoms with E-state index in [1.807, 2.05) is 0 Å². The monoisotopic (exact) mass is 239 g/mol. The zero-order valence-corrected chi connectivity index (χ0v) is 9.70. The van der Waals surface area contributed by atoms with Crippen LogP contribution in [0, 0.1) is 0 Å². The molecule has 0 aromatic carbocycles. The van der Waals surface area contributed by atoms with Gasteiger partial charge < -0.3 is 5.32 Å². The maximum Gasteiger partial charge on any atom is 0.238 e. The summed E-state index contributed by atoms with van der Waals surface area (Å²) < 4.78 is 0. The van der Waals surface area contributed by atoms with E-state index in [1.165, 1.54) is 0 Å². The van der Waals surface area contributed by atoms with Crippen LogP contribution in [-0.2, 0) is 9.59 Å². The van der Waals surface area contributed by atoms with Gasteiger partial charge in [0.05, 0.1) is 6.04 Å². The third kappa shape index (κ3) is 7.30. The van der Waals surface area contributed by atoms with Crippen molar-refractivity contribution in [3.63, 3.8) is 0 Å². The predicted molar refractivity (Wildman–Crippen MR) is 57.7 cm³/mol. The van der Waals surface area contributed by atoms with E-state index in [2.05, 4.69) is 12.2 Å². The minimum atomic E-state index is -0.459. The number of halogens is 2. The number of unbranched alkanes of at least 4 members (excludes halogenated alkanes) is 1. The quantitative estimate of drug-likeness (QED) is 0.521. The smallest absolute Gasteiger partial charge is 0.238 e. The van der Waals surface area contributed by atoms with E-state index in [0.717, 1.165) is 19.4 Å². The van der Waals surface area contributed by atoms with Crippen molar-refractivity contribution < 1.29 is 9.59 Å². The molecule has 0 aliphatic rings. The molecule has 0 spiro atoms. The van der Waals surface area contributed by atoms with E-state index in [0.29, 0.717) is 6.42 Å². The largest absolute Gasteiger partial charge is 0.306 e. The Morgan fingerprint density at radius 2 is 2.00 bits per heavy atom. The summed E-state index contributed by atoms with van der Waals surface area (Å²) in [4.78, 5) is 21.4. The molecule has 0 aromatic rings. The summed E-state index contributed by atoms with van der Waals surface area (Å²) in [5.74, 6) is 0. The van der Waals surface area contributed by atoms with Crippen molar-refractivity contribution in [1.82, 2.24) is 5.32 Å². The predicted octanol–water partition coefficient (Wildman–Crippen LogP) is 2.06. The SMILES string of the molecule is CCCCN[C@@H](CCC(=O)Cl)C(=O)Cl. The first-order chi connectivity index (χ1) is 6.57. The van der Waals surface area contributed by atoms with E-state index in [4.69, 9.17) is 23.2 Å². The lowest BCUT2D eigenvalue weighted by atomic mass is 10.2. The molecule has 82 valence electrons. The molecule has 0 rings (SSSR count). The summed E-state index contributed by atoms with van der Waals surface area (Å²) >= 11 is 10.5. The van der Waals surface area contributed by atoms with Gasteiger partial charge in [-0.05, 0) is 42.6 Å². The highest BCUT2D eigenvalue weighted by Gasteiger charge is 2.15. The zero-order valence-electron chi connectivity index (χ0n) is 8.19. The fourth-order valence-electron chi connectivity index (χ4n) is 1.01.